The lowest BCUT2D eigenvalue weighted by Gasteiger charge is -2.20. The fourth-order valence-electron chi connectivity index (χ4n) is 2.55. The van der Waals surface area contributed by atoms with E-state index in [9.17, 15) is 14.4 Å². The number of rotatable bonds is 4. The third kappa shape index (κ3) is 3.44. The second kappa shape index (κ2) is 6.28. The van der Waals surface area contributed by atoms with Crippen molar-refractivity contribution in [3.05, 3.63) is 18.2 Å². The van der Waals surface area contributed by atoms with Gasteiger partial charge in [-0.25, -0.2) is 0 Å². The van der Waals surface area contributed by atoms with E-state index in [0.29, 0.717) is 30.1 Å². The molecule has 2 N–H and O–H groups in total. The largest absolute Gasteiger partial charge is 0.495 e. The summed E-state index contributed by atoms with van der Waals surface area (Å²) in [5, 5.41) is 5.19. The van der Waals surface area contributed by atoms with Crippen LogP contribution in [-0.2, 0) is 14.4 Å². The van der Waals surface area contributed by atoms with Crippen molar-refractivity contribution in [1.29, 1.82) is 0 Å². The first-order chi connectivity index (χ1) is 11.1. The van der Waals surface area contributed by atoms with Gasteiger partial charge in [-0.1, -0.05) is 0 Å². The van der Waals surface area contributed by atoms with Gasteiger partial charge in [0, 0.05) is 24.7 Å². The molecule has 1 aliphatic carbocycles. The van der Waals surface area contributed by atoms with Crippen molar-refractivity contribution in [1.82, 2.24) is 5.32 Å². The lowest BCUT2D eigenvalue weighted by Crippen LogP contribution is -2.36. The molecular weight excluding hydrogens is 298 g/mol. The zero-order chi connectivity index (χ0) is 16.4. The van der Waals surface area contributed by atoms with Crippen LogP contribution in [0.3, 0.4) is 0 Å². The van der Waals surface area contributed by atoms with Crippen LogP contribution in [-0.4, -0.2) is 37.4 Å². The number of nitrogens with one attached hydrogen (secondary N) is 2. The molecule has 7 nitrogen and oxygen atoms in total. The van der Waals surface area contributed by atoms with Crippen molar-refractivity contribution in [2.45, 2.75) is 31.7 Å². The predicted octanol–water partition coefficient (Wildman–Crippen LogP) is 1.04. The molecule has 0 aromatic heterocycles. The van der Waals surface area contributed by atoms with E-state index in [2.05, 4.69) is 10.6 Å². The number of carbonyl (C=O) groups excluding carboxylic acids is 3. The van der Waals surface area contributed by atoms with Crippen LogP contribution in [0.15, 0.2) is 18.2 Å². The molecule has 1 aromatic carbocycles. The minimum atomic E-state index is -0.708. The van der Waals surface area contributed by atoms with Crippen molar-refractivity contribution in [3.8, 4) is 5.75 Å². The fourth-order valence-corrected chi connectivity index (χ4v) is 2.55. The molecule has 1 saturated heterocycles. The highest BCUT2D eigenvalue weighted by molar-refractivity contribution is 6.39. The molecule has 7 heteroatoms. The Labute approximate surface area is 134 Å². The Bertz CT molecular complexity index is 655. The number of hydrogen-bond acceptors (Lipinski definition) is 4. The number of nitrogens with zero attached hydrogens (tertiary/aromatic N) is 1. The molecular formula is C16H19N3O4. The monoisotopic (exact) mass is 317 g/mol. The molecule has 0 radical (unpaired) electrons. The van der Waals surface area contributed by atoms with Crippen LogP contribution in [0.4, 0.5) is 11.4 Å². The molecule has 122 valence electrons. The SMILES string of the molecule is COc1ccc(NC(=O)C(=O)NC2CC2)cc1N1CCCC1=O. The second-order valence-electron chi connectivity index (χ2n) is 5.74. The maximum absolute atomic E-state index is 11.9. The van der Waals surface area contributed by atoms with Gasteiger partial charge in [0.2, 0.25) is 5.91 Å². The van der Waals surface area contributed by atoms with Crippen LogP contribution in [0.2, 0.25) is 0 Å². The number of hydrogen-bond donors (Lipinski definition) is 2. The van der Waals surface area contributed by atoms with Crippen molar-refractivity contribution in [3.63, 3.8) is 0 Å². The molecule has 1 heterocycles. The molecule has 1 saturated carbocycles. The average Bonchev–Trinajstić information content (AvgIpc) is 3.25. The number of amides is 3. The number of ether oxygens (including phenoxy) is 1. The van der Waals surface area contributed by atoms with Crippen LogP contribution in [0.25, 0.3) is 0 Å². The van der Waals surface area contributed by atoms with Gasteiger partial charge in [0.15, 0.2) is 0 Å². The van der Waals surface area contributed by atoms with Crippen molar-refractivity contribution in [2.75, 3.05) is 23.9 Å². The summed E-state index contributed by atoms with van der Waals surface area (Å²) in [4.78, 5) is 37.2. The quantitative estimate of drug-likeness (QED) is 0.812. The number of carbonyl (C=O) groups is 3. The molecule has 0 atom stereocenters. The van der Waals surface area contributed by atoms with Crippen LogP contribution >= 0.6 is 0 Å². The molecule has 2 aliphatic rings. The fraction of sp³-hybridized carbons (Fsp3) is 0.438. The Morgan fingerprint density at radius 1 is 1.26 bits per heavy atom. The summed E-state index contributed by atoms with van der Waals surface area (Å²) in [6.07, 6.45) is 3.14. The molecule has 1 aromatic rings. The summed E-state index contributed by atoms with van der Waals surface area (Å²) in [5.74, 6) is -0.762. The van der Waals surface area contributed by atoms with E-state index in [4.69, 9.17) is 4.74 Å². The maximum Gasteiger partial charge on any atom is 0.313 e. The third-order valence-corrected chi connectivity index (χ3v) is 3.92. The Hall–Kier alpha value is -2.57. The standard InChI is InChI=1S/C16H19N3O4/c1-23-13-7-6-11(9-12(13)19-8-2-3-14(19)20)18-16(22)15(21)17-10-4-5-10/h6-7,9-10H,2-5,8H2,1H3,(H,17,21)(H,18,22). The summed E-state index contributed by atoms with van der Waals surface area (Å²) in [6.45, 7) is 0.620. The van der Waals surface area contributed by atoms with E-state index in [1.165, 1.54) is 7.11 Å². The maximum atomic E-state index is 11.9. The Balaban J connectivity index is 1.75. The highest BCUT2D eigenvalue weighted by atomic mass is 16.5. The van der Waals surface area contributed by atoms with Gasteiger partial charge >= 0.3 is 11.8 Å². The molecule has 0 spiro atoms. The summed E-state index contributed by atoms with van der Waals surface area (Å²) in [5.41, 5.74) is 1.06. The van der Waals surface area contributed by atoms with Crippen molar-refractivity contribution < 1.29 is 19.1 Å². The highest BCUT2D eigenvalue weighted by Gasteiger charge is 2.27. The molecule has 2 fully saturated rings. The number of methoxy groups -OCH3 is 1. The second-order valence-corrected chi connectivity index (χ2v) is 5.74. The van der Waals surface area contributed by atoms with Gasteiger partial charge in [-0.05, 0) is 37.5 Å². The molecule has 23 heavy (non-hydrogen) atoms. The summed E-state index contributed by atoms with van der Waals surface area (Å²) >= 11 is 0. The third-order valence-electron chi connectivity index (χ3n) is 3.92. The zero-order valence-electron chi connectivity index (χ0n) is 12.9. The van der Waals surface area contributed by atoms with Gasteiger partial charge in [0.25, 0.3) is 0 Å². The summed E-state index contributed by atoms with van der Waals surface area (Å²) in [7, 11) is 1.53. The van der Waals surface area contributed by atoms with E-state index in [1.54, 1.807) is 23.1 Å². The van der Waals surface area contributed by atoms with E-state index in [1.807, 2.05) is 0 Å². The van der Waals surface area contributed by atoms with E-state index in [0.717, 1.165) is 19.3 Å². The first-order valence-electron chi connectivity index (χ1n) is 7.68. The Kier molecular flexibility index (Phi) is 4.18. The normalized spacial score (nSPS) is 17.1. The van der Waals surface area contributed by atoms with Gasteiger partial charge in [-0.15, -0.1) is 0 Å². The number of anilines is 2. The summed E-state index contributed by atoms with van der Waals surface area (Å²) in [6, 6.07) is 5.10. The van der Waals surface area contributed by atoms with Gasteiger partial charge in [0.05, 0.1) is 12.8 Å². The van der Waals surface area contributed by atoms with Gasteiger partial charge in [0.1, 0.15) is 5.75 Å². The average molecular weight is 317 g/mol. The first-order valence-corrected chi connectivity index (χ1v) is 7.68. The topological polar surface area (TPSA) is 87.7 Å². The van der Waals surface area contributed by atoms with Crippen LogP contribution < -0.4 is 20.3 Å². The minimum absolute atomic E-state index is 0.0262. The predicted molar refractivity (Wildman–Crippen MR) is 84.4 cm³/mol. The van der Waals surface area contributed by atoms with Crippen LogP contribution in [0.5, 0.6) is 5.75 Å². The molecule has 3 rings (SSSR count). The van der Waals surface area contributed by atoms with Crippen molar-refractivity contribution in [2.24, 2.45) is 0 Å². The van der Waals surface area contributed by atoms with Gasteiger partial charge in [-0.3, -0.25) is 14.4 Å². The Morgan fingerprint density at radius 3 is 2.65 bits per heavy atom. The van der Waals surface area contributed by atoms with E-state index in [-0.39, 0.29) is 11.9 Å². The molecule has 0 bridgehead atoms. The lowest BCUT2D eigenvalue weighted by molar-refractivity contribution is -0.136. The van der Waals surface area contributed by atoms with E-state index >= 15 is 0 Å². The minimum Gasteiger partial charge on any atom is -0.495 e. The van der Waals surface area contributed by atoms with Gasteiger partial charge < -0.3 is 20.3 Å². The highest BCUT2D eigenvalue weighted by Crippen LogP contribution is 2.34. The molecule has 0 unspecified atom stereocenters. The first kappa shape index (κ1) is 15.3. The Morgan fingerprint density at radius 2 is 2.04 bits per heavy atom. The van der Waals surface area contributed by atoms with Gasteiger partial charge in [-0.2, -0.15) is 0 Å². The van der Waals surface area contributed by atoms with Crippen LogP contribution in [0, 0.1) is 0 Å². The van der Waals surface area contributed by atoms with Crippen LogP contribution in [0.1, 0.15) is 25.7 Å². The molecule has 3 amide bonds. The number of benzene rings is 1. The lowest BCUT2D eigenvalue weighted by atomic mass is 10.2. The smallest absolute Gasteiger partial charge is 0.313 e. The molecule has 1 aliphatic heterocycles. The summed E-state index contributed by atoms with van der Waals surface area (Å²) < 4.78 is 5.29. The van der Waals surface area contributed by atoms with E-state index < -0.39 is 11.8 Å². The van der Waals surface area contributed by atoms with Crippen molar-refractivity contribution >= 4 is 29.1 Å². The zero-order valence-corrected chi connectivity index (χ0v) is 12.9.